The van der Waals surface area contributed by atoms with Crippen LogP contribution in [0.25, 0.3) is 22.3 Å². The Balaban J connectivity index is 1.25. The van der Waals surface area contributed by atoms with Crippen molar-refractivity contribution >= 4 is 52.2 Å². The third-order valence-corrected chi connectivity index (χ3v) is 16.4. The van der Waals surface area contributed by atoms with Crippen molar-refractivity contribution in [2.75, 3.05) is 19.0 Å². The van der Waals surface area contributed by atoms with E-state index >= 15 is 0 Å². The number of nitrogens with zero attached hydrogens (tertiary/aromatic N) is 3. The zero-order valence-electron chi connectivity index (χ0n) is 36.8. The average molecular weight is 884 g/mol. The van der Waals surface area contributed by atoms with E-state index in [0.29, 0.717) is 41.2 Å². The van der Waals surface area contributed by atoms with E-state index in [-0.39, 0.29) is 61.4 Å². The molecule has 2 unspecified atom stereocenters. The number of fused-ring (bicyclic) bond motifs is 3. The van der Waals surface area contributed by atoms with Crippen LogP contribution in [0.1, 0.15) is 98.0 Å². The van der Waals surface area contributed by atoms with E-state index in [1.807, 2.05) is 101 Å². The Morgan fingerprint density at radius 3 is 2.58 bits per heavy atom. The molecular weight excluding hydrogens is 822 g/mol. The number of anilines is 1. The van der Waals surface area contributed by atoms with Gasteiger partial charge in [-0.25, -0.2) is 9.97 Å². The van der Waals surface area contributed by atoms with Crippen molar-refractivity contribution in [3.8, 4) is 22.9 Å². The zero-order chi connectivity index (χ0) is 44.4. The third-order valence-electron chi connectivity index (χ3n) is 12.8. The van der Waals surface area contributed by atoms with Crippen molar-refractivity contribution in [3.63, 3.8) is 0 Å². The Labute approximate surface area is 369 Å². The summed E-state index contributed by atoms with van der Waals surface area (Å²) in [6, 6.07) is 15.2. The fourth-order valence-electron chi connectivity index (χ4n) is 9.04. The molecule has 332 valence electrons. The summed E-state index contributed by atoms with van der Waals surface area (Å²) in [6.07, 6.45) is 7.56. The van der Waals surface area contributed by atoms with Crippen molar-refractivity contribution in [1.29, 1.82) is 0 Å². The van der Waals surface area contributed by atoms with E-state index in [1.165, 1.54) is 11.3 Å². The van der Waals surface area contributed by atoms with E-state index in [9.17, 15) is 23.8 Å². The highest BCUT2D eigenvalue weighted by Crippen LogP contribution is 2.74. The van der Waals surface area contributed by atoms with Crippen LogP contribution in [-0.2, 0) is 25.1 Å². The molecule has 4 aromatic rings. The predicted molar refractivity (Wildman–Crippen MR) is 246 cm³/mol. The lowest BCUT2D eigenvalue weighted by Crippen LogP contribution is -2.47. The molecule has 12 nitrogen and oxygen atoms in total. The van der Waals surface area contributed by atoms with Crippen LogP contribution in [-0.4, -0.2) is 80.3 Å². The molecule has 4 heterocycles. The number of hydrogen-bond acceptors (Lipinski definition) is 11. The highest BCUT2D eigenvalue weighted by atomic mass is 32.1. The van der Waals surface area contributed by atoms with Gasteiger partial charge in [0.1, 0.15) is 23.3 Å². The van der Waals surface area contributed by atoms with Gasteiger partial charge in [-0.3, -0.25) is 18.9 Å². The SMILES string of the molecule is COc1ccc2c(O[C@@H]3C[C@H]4C(=O)C[C@]5(P(=O)(O)Cc6ccccc6)C[C@@H]5/C=C\CCCCCC(CC(=O)[C@@H](N)C(C)(C)C)C(=O)N4C3)cc(-c3csc(NC(C)C)n3)nc2c1. The molecule has 3 aliphatic rings. The van der Waals surface area contributed by atoms with Gasteiger partial charge in [-0.1, -0.05) is 76.1 Å². The normalized spacial score (nSPS) is 25.5. The van der Waals surface area contributed by atoms with E-state index in [1.54, 1.807) is 12.0 Å². The predicted octanol–water partition coefficient (Wildman–Crippen LogP) is 9.19. The van der Waals surface area contributed by atoms with Crippen LogP contribution in [0.3, 0.4) is 0 Å². The fraction of sp³-hybridized carbons (Fsp3) is 0.521. The van der Waals surface area contributed by atoms with Gasteiger partial charge in [0.25, 0.3) is 0 Å². The number of Topliss-reactive ketones (excluding diaryl/α,β-unsaturated/α-hetero) is 2. The number of hydrogen-bond donors (Lipinski definition) is 3. The first kappa shape index (κ1) is 45.6. The molecule has 0 bridgehead atoms. The highest BCUT2D eigenvalue weighted by molar-refractivity contribution is 7.59. The van der Waals surface area contributed by atoms with Crippen molar-refractivity contribution in [2.24, 2.45) is 23.0 Å². The first-order chi connectivity index (χ1) is 29.5. The number of benzene rings is 2. The topological polar surface area (TPSA) is 174 Å². The first-order valence-corrected chi connectivity index (χ1v) is 24.7. The lowest BCUT2D eigenvalue weighted by Gasteiger charge is -2.31. The molecule has 0 radical (unpaired) electrons. The van der Waals surface area contributed by atoms with Gasteiger partial charge in [0, 0.05) is 54.1 Å². The second-order valence-electron chi connectivity index (χ2n) is 18.9. The number of nitrogens with one attached hydrogen (secondary N) is 1. The summed E-state index contributed by atoms with van der Waals surface area (Å²) in [5.41, 5.74) is 8.60. The lowest BCUT2D eigenvalue weighted by atomic mass is 9.81. The molecular formula is C48H62N5O7PS. The molecule has 4 N–H and O–H groups in total. The van der Waals surface area contributed by atoms with E-state index in [0.717, 1.165) is 41.8 Å². The zero-order valence-corrected chi connectivity index (χ0v) is 38.6. The molecule has 1 aliphatic carbocycles. The van der Waals surface area contributed by atoms with Crippen LogP contribution < -0.4 is 20.5 Å². The first-order valence-electron chi connectivity index (χ1n) is 22.0. The fourth-order valence-corrected chi connectivity index (χ4v) is 12.4. The van der Waals surface area contributed by atoms with Crippen molar-refractivity contribution < 1.29 is 33.3 Å². The molecule has 0 spiro atoms. The molecule has 2 fully saturated rings. The maximum absolute atomic E-state index is 15.0. The molecule has 1 saturated carbocycles. The number of ether oxygens (including phenoxy) is 2. The monoisotopic (exact) mass is 883 g/mol. The van der Waals surface area contributed by atoms with Crippen LogP contribution in [0.5, 0.6) is 11.5 Å². The van der Waals surface area contributed by atoms with Crippen molar-refractivity contribution in [3.05, 3.63) is 77.7 Å². The standard InChI is InChI=1S/C48H62N5O7PS/c1-30(2)50-46-52-39(29-62-46)38-24-43(36-20-19-34(59-6)22-37(36)51-38)60-35-23-40-42(55)26-48(61(57,58)28-31-15-11-10-12-16-31)25-33(48)18-14-9-7-8-13-17-32(45(56)53(40)27-35)21-41(54)44(49)47(3,4)5/h10-12,14-16,18-20,22,24,29-30,32-33,35,40,44H,7-9,13,17,21,23,25-28,49H2,1-6H3,(H,50,52)(H,57,58)/b18-14-/t32?,33-,35+,40-,44+,48+/m0/s1. The van der Waals surface area contributed by atoms with Gasteiger partial charge >= 0.3 is 0 Å². The second kappa shape index (κ2) is 18.7. The number of thiazole rings is 1. The number of nitrogens with two attached hydrogens (primary N) is 1. The minimum atomic E-state index is -3.95. The molecule has 1 amide bonds. The highest BCUT2D eigenvalue weighted by Gasteiger charge is 2.65. The van der Waals surface area contributed by atoms with Gasteiger partial charge in [-0.2, -0.15) is 0 Å². The van der Waals surface area contributed by atoms with E-state index in [4.69, 9.17) is 25.2 Å². The van der Waals surface area contributed by atoms with Gasteiger partial charge < -0.3 is 30.3 Å². The minimum absolute atomic E-state index is 0.0312. The van der Waals surface area contributed by atoms with E-state index < -0.39 is 42.0 Å². The molecule has 7 rings (SSSR count). The number of allylic oxidation sites excluding steroid dienone is 2. The van der Waals surface area contributed by atoms with Crippen LogP contribution in [0, 0.1) is 17.3 Å². The number of carbonyl (C=O) groups excluding carboxylic acids is 3. The van der Waals surface area contributed by atoms with Gasteiger partial charge in [0.2, 0.25) is 13.3 Å². The van der Waals surface area contributed by atoms with Gasteiger partial charge in [-0.15, -0.1) is 11.3 Å². The Kier molecular flexibility index (Phi) is 13.8. The van der Waals surface area contributed by atoms with Crippen LogP contribution in [0.4, 0.5) is 5.13 Å². The maximum Gasteiger partial charge on any atom is 0.226 e. The number of methoxy groups -OCH3 is 1. The summed E-state index contributed by atoms with van der Waals surface area (Å²) in [7, 11) is -2.35. The number of rotatable bonds is 12. The van der Waals surface area contributed by atoms with Crippen LogP contribution in [0.15, 0.2) is 72.1 Å². The Morgan fingerprint density at radius 2 is 1.85 bits per heavy atom. The lowest BCUT2D eigenvalue weighted by molar-refractivity contribution is -0.143. The Morgan fingerprint density at radius 1 is 1.08 bits per heavy atom. The molecule has 2 aliphatic heterocycles. The maximum atomic E-state index is 15.0. The number of aromatic nitrogens is 2. The summed E-state index contributed by atoms with van der Waals surface area (Å²) in [5.74, 6) is -0.527. The average Bonchev–Trinajstić information content (AvgIpc) is 3.50. The number of carbonyl (C=O) groups is 3. The second-order valence-corrected chi connectivity index (χ2v) is 22.4. The minimum Gasteiger partial charge on any atom is -0.497 e. The molecule has 2 aromatic carbocycles. The molecule has 2 aromatic heterocycles. The summed E-state index contributed by atoms with van der Waals surface area (Å²) in [5, 5.41) is 5.63. The van der Waals surface area contributed by atoms with E-state index in [2.05, 4.69) is 11.4 Å². The van der Waals surface area contributed by atoms with Gasteiger partial charge in [0.05, 0.1) is 48.3 Å². The Bertz CT molecular complexity index is 2340. The number of ketones is 2. The number of pyridine rings is 1. The smallest absolute Gasteiger partial charge is 0.226 e. The summed E-state index contributed by atoms with van der Waals surface area (Å²) >= 11 is 1.48. The van der Waals surface area contributed by atoms with Crippen molar-refractivity contribution in [2.45, 2.75) is 128 Å². The summed E-state index contributed by atoms with van der Waals surface area (Å²) in [6.45, 7) is 9.93. The summed E-state index contributed by atoms with van der Waals surface area (Å²) < 4.78 is 27.0. The summed E-state index contributed by atoms with van der Waals surface area (Å²) in [4.78, 5) is 67.0. The number of amides is 1. The third kappa shape index (κ3) is 10.2. The van der Waals surface area contributed by atoms with Gasteiger partial charge in [-0.05, 0) is 68.6 Å². The molecule has 14 heteroatoms. The molecule has 62 heavy (non-hydrogen) atoms. The quantitative estimate of drug-likeness (QED) is 0.0914. The molecule has 1 saturated heterocycles. The largest absolute Gasteiger partial charge is 0.497 e. The van der Waals surface area contributed by atoms with Crippen LogP contribution >= 0.6 is 18.7 Å². The van der Waals surface area contributed by atoms with Crippen LogP contribution in [0.2, 0.25) is 0 Å². The Hall–Kier alpha value is -4.42. The van der Waals surface area contributed by atoms with Crippen molar-refractivity contribution in [1.82, 2.24) is 14.9 Å². The van der Waals surface area contributed by atoms with Gasteiger partial charge in [0.15, 0.2) is 16.7 Å². The molecule has 7 atom stereocenters.